The molecular weight excluding hydrogens is 248 g/mol. The maximum Gasteiger partial charge on any atom is 0.118 e. The van der Waals surface area contributed by atoms with E-state index >= 15 is 0 Å². The molecule has 0 aliphatic heterocycles. The van der Waals surface area contributed by atoms with Gasteiger partial charge in [0.2, 0.25) is 0 Å². The average Bonchev–Trinajstić information content (AvgIpc) is 2.53. The van der Waals surface area contributed by atoms with Crippen molar-refractivity contribution in [3.63, 3.8) is 0 Å². The van der Waals surface area contributed by atoms with Crippen LogP contribution in [0.2, 0.25) is 0 Å². The SMILES string of the molecule is OC(=CCCCC(O)c1ccccc1)c1ccccc1. The van der Waals surface area contributed by atoms with E-state index in [-0.39, 0.29) is 0 Å². The summed E-state index contributed by atoms with van der Waals surface area (Å²) < 4.78 is 0. The lowest BCUT2D eigenvalue weighted by molar-refractivity contribution is 0.165. The van der Waals surface area contributed by atoms with Crippen molar-refractivity contribution in [3.8, 4) is 0 Å². The Morgan fingerprint density at radius 1 is 0.950 bits per heavy atom. The van der Waals surface area contributed by atoms with E-state index in [2.05, 4.69) is 0 Å². The maximum absolute atomic E-state index is 10.0. The number of benzene rings is 2. The van der Waals surface area contributed by atoms with Gasteiger partial charge in [0.15, 0.2) is 0 Å². The summed E-state index contributed by atoms with van der Waals surface area (Å²) in [5.41, 5.74) is 1.78. The minimum Gasteiger partial charge on any atom is -0.508 e. The van der Waals surface area contributed by atoms with E-state index in [0.29, 0.717) is 12.2 Å². The predicted molar refractivity (Wildman–Crippen MR) is 82.3 cm³/mol. The van der Waals surface area contributed by atoms with Crippen LogP contribution in [0.1, 0.15) is 36.5 Å². The molecule has 0 bridgehead atoms. The highest BCUT2D eigenvalue weighted by Crippen LogP contribution is 2.19. The highest BCUT2D eigenvalue weighted by atomic mass is 16.3. The Labute approximate surface area is 120 Å². The van der Waals surface area contributed by atoms with Crippen molar-refractivity contribution in [1.82, 2.24) is 0 Å². The molecule has 2 aromatic rings. The van der Waals surface area contributed by atoms with Gasteiger partial charge >= 0.3 is 0 Å². The zero-order valence-electron chi connectivity index (χ0n) is 11.4. The van der Waals surface area contributed by atoms with E-state index in [1.165, 1.54) is 0 Å². The first-order valence-electron chi connectivity index (χ1n) is 6.95. The van der Waals surface area contributed by atoms with Gasteiger partial charge in [0.05, 0.1) is 6.10 Å². The molecule has 0 amide bonds. The molecule has 0 aromatic heterocycles. The number of unbranched alkanes of at least 4 members (excludes halogenated alkanes) is 1. The first kappa shape index (κ1) is 14.4. The second-order valence-electron chi connectivity index (χ2n) is 4.81. The van der Waals surface area contributed by atoms with Gasteiger partial charge in [-0.3, -0.25) is 0 Å². The van der Waals surface area contributed by atoms with Crippen LogP contribution in [0, 0.1) is 0 Å². The lowest BCUT2D eigenvalue weighted by Crippen LogP contribution is -1.96. The number of hydrogen-bond donors (Lipinski definition) is 2. The Kier molecular flexibility index (Phi) is 5.39. The zero-order chi connectivity index (χ0) is 14.2. The molecule has 2 heteroatoms. The Bertz CT molecular complexity index is 532. The molecule has 2 N–H and O–H groups in total. The number of hydrogen-bond acceptors (Lipinski definition) is 2. The molecule has 0 spiro atoms. The molecule has 20 heavy (non-hydrogen) atoms. The fourth-order valence-electron chi connectivity index (χ4n) is 2.12. The predicted octanol–water partition coefficient (Wildman–Crippen LogP) is 4.49. The van der Waals surface area contributed by atoms with Crippen LogP contribution < -0.4 is 0 Å². The van der Waals surface area contributed by atoms with Crippen molar-refractivity contribution in [1.29, 1.82) is 0 Å². The summed E-state index contributed by atoms with van der Waals surface area (Å²) in [4.78, 5) is 0. The van der Waals surface area contributed by atoms with Crippen LogP contribution in [0.5, 0.6) is 0 Å². The number of aliphatic hydroxyl groups excluding tert-OH is 2. The third-order valence-corrected chi connectivity index (χ3v) is 3.27. The maximum atomic E-state index is 10.0. The molecule has 0 radical (unpaired) electrons. The number of rotatable bonds is 6. The van der Waals surface area contributed by atoms with Crippen LogP contribution in [0.15, 0.2) is 66.7 Å². The second kappa shape index (κ2) is 7.51. The summed E-state index contributed by atoms with van der Waals surface area (Å²) in [6.07, 6.45) is 3.68. The monoisotopic (exact) mass is 268 g/mol. The van der Waals surface area contributed by atoms with Crippen LogP contribution >= 0.6 is 0 Å². The van der Waals surface area contributed by atoms with Gasteiger partial charge in [0.25, 0.3) is 0 Å². The van der Waals surface area contributed by atoms with Gasteiger partial charge in [-0.2, -0.15) is 0 Å². The highest BCUT2D eigenvalue weighted by Gasteiger charge is 2.05. The minimum atomic E-state index is -0.427. The Morgan fingerprint density at radius 2 is 1.55 bits per heavy atom. The molecule has 1 atom stereocenters. The van der Waals surface area contributed by atoms with E-state index in [0.717, 1.165) is 24.0 Å². The van der Waals surface area contributed by atoms with Crippen molar-refractivity contribution in [2.75, 3.05) is 0 Å². The average molecular weight is 268 g/mol. The fourth-order valence-corrected chi connectivity index (χ4v) is 2.12. The normalized spacial score (nSPS) is 13.2. The van der Waals surface area contributed by atoms with E-state index in [1.54, 1.807) is 0 Å². The lowest BCUT2D eigenvalue weighted by Gasteiger charge is -2.09. The van der Waals surface area contributed by atoms with Gasteiger partial charge in [0, 0.05) is 5.56 Å². The summed E-state index contributed by atoms with van der Waals surface area (Å²) in [6, 6.07) is 19.2. The van der Waals surface area contributed by atoms with Crippen LogP contribution in [0.4, 0.5) is 0 Å². The third-order valence-electron chi connectivity index (χ3n) is 3.27. The Morgan fingerprint density at radius 3 is 2.20 bits per heavy atom. The summed E-state index contributed by atoms with van der Waals surface area (Å²) in [6.45, 7) is 0. The van der Waals surface area contributed by atoms with Gasteiger partial charge in [0.1, 0.15) is 5.76 Å². The number of allylic oxidation sites excluding steroid dienone is 1. The van der Waals surface area contributed by atoms with E-state index in [9.17, 15) is 10.2 Å². The number of aliphatic hydroxyl groups is 2. The molecule has 0 aliphatic carbocycles. The van der Waals surface area contributed by atoms with E-state index in [4.69, 9.17) is 0 Å². The van der Waals surface area contributed by atoms with Gasteiger partial charge < -0.3 is 10.2 Å². The van der Waals surface area contributed by atoms with Crippen LogP contribution in [0.25, 0.3) is 5.76 Å². The molecule has 2 aromatic carbocycles. The molecule has 1 unspecified atom stereocenters. The summed E-state index contributed by atoms with van der Waals surface area (Å²) in [5.74, 6) is 0.305. The fraction of sp³-hybridized carbons (Fsp3) is 0.222. The summed E-state index contributed by atoms with van der Waals surface area (Å²) in [7, 11) is 0. The minimum absolute atomic E-state index is 0.305. The first-order chi connectivity index (χ1) is 9.77. The molecule has 2 rings (SSSR count). The van der Waals surface area contributed by atoms with Crippen molar-refractivity contribution < 1.29 is 10.2 Å². The molecule has 0 saturated heterocycles. The Balaban J connectivity index is 1.79. The molecule has 0 fully saturated rings. The van der Waals surface area contributed by atoms with Crippen molar-refractivity contribution in [2.45, 2.75) is 25.4 Å². The summed E-state index contributed by atoms with van der Waals surface area (Å²) >= 11 is 0. The zero-order valence-corrected chi connectivity index (χ0v) is 11.4. The molecule has 2 nitrogen and oxygen atoms in total. The lowest BCUT2D eigenvalue weighted by atomic mass is 10.0. The Hall–Kier alpha value is -2.06. The van der Waals surface area contributed by atoms with Gasteiger partial charge in [-0.05, 0) is 30.9 Å². The van der Waals surface area contributed by atoms with Crippen molar-refractivity contribution >= 4 is 5.76 Å². The molecular formula is C18H20O2. The van der Waals surface area contributed by atoms with Crippen LogP contribution in [-0.4, -0.2) is 10.2 Å². The summed E-state index contributed by atoms with van der Waals surface area (Å²) in [5, 5.41) is 19.9. The largest absolute Gasteiger partial charge is 0.508 e. The molecule has 0 heterocycles. The smallest absolute Gasteiger partial charge is 0.118 e. The molecule has 0 saturated carbocycles. The standard InChI is InChI=1S/C18H20O2/c19-17(15-9-3-1-4-10-15)13-7-8-14-18(20)16-11-5-2-6-12-16/h1-6,9-13,18-20H,7-8,14H2. The van der Waals surface area contributed by atoms with Crippen LogP contribution in [-0.2, 0) is 0 Å². The van der Waals surface area contributed by atoms with Gasteiger partial charge in [-0.1, -0.05) is 60.7 Å². The molecule has 104 valence electrons. The van der Waals surface area contributed by atoms with Crippen LogP contribution in [0.3, 0.4) is 0 Å². The van der Waals surface area contributed by atoms with Gasteiger partial charge in [-0.25, -0.2) is 0 Å². The second-order valence-corrected chi connectivity index (χ2v) is 4.81. The topological polar surface area (TPSA) is 40.5 Å². The highest BCUT2D eigenvalue weighted by molar-refractivity contribution is 5.57. The van der Waals surface area contributed by atoms with Crippen molar-refractivity contribution in [2.24, 2.45) is 0 Å². The first-order valence-corrected chi connectivity index (χ1v) is 6.95. The van der Waals surface area contributed by atoms with Crippen molar-refractivity contribution in [3.05, 3.63) is 77.9 Å². The van der Waals surface area contributed by atoms with E-state index in [1.807, 2.05) is 66.7 Å². The molecule has 0 aliphatic rings. The van der Waals surface area contributed by atoms with E-state index < -0.39 is 6.10 Å². The van der Waals surface area contributed by atoms with Gasteiger partial charge in [-0.15, -0.1) is 0 Å². The third kappa shape index (κ3) is 4.25. The quantitative estimate of drug-likeness (QED) is 0.598.